The van der Waals surface area contributed by atoms with Crippen molar-refractivity contribution in [3.63, 3.8) is 0 Å². The smallest absolute Gasteiger partial charge is 0.407 e. The number of alkyl carbamates (subject to hydrolysis) is 1. The van der Waals surface area contributed by atoms with Gasteiger partial charge in [0, 0.05) is 17.5 Å². The molecule has 7 heteroatoms. The van der Waals surface area contributed by atoms with Gasteiger partial charge >= 0.3 is 6.09 Å². The van der Waals surface area contributed by atoms with Crippen LogP contribution in [0.5, 0.6) is 0 Å². The number of nitrogens with one attached hydrogen (secondary N) is 1. The molecule has 0 atom stereocenters. The maximum atomic E-state index is 12.1. The Hall–Kier alpha value is -4.44. The zero-order valence-corrected chi connectivity index (χ0v) is 16.9. The fraction of sp³-hybridized carbons (Fsp3) is 0.120. The molecule has 3 aromatic rings. The monoisotopic (exact) mass is 426 g/mol. The summed E-state index contributed by atoms with van der Waals surface area (Å²) < 4.78 is 5.43. The highest BCUT2D eigenvalue weighted by Gasteiger charge is 2.28. The molecule has 0 aromatic heterocycles. The van der Waals surface area contributed by atoms with Crippen molar-refractivity contribution in [1.82, 2.24) is 5.32 Å². The van der Waals surface area contributed by atoms with E-state index in [1.165, 1.54) is 18.2 Å². The lowest BCUT2D eigenvalue weighted by Crippen LogP contribution is -2.26. The Balaban J connectivity index is 1.35. The highest BCUT2D eigenvalue weighted by Crippen LogP contribution is 2.44. The van der Waals surface area contributed by atoms with Crippen molar-refractivity contribution in [1.29, 1.82) is 0 Å². The van der Waals surface area contributed by atoms with Gasteiger partial charge in [-0.25, -0.2) is 4.79 Å². The molecule has 4 rings (SSSR count). The Morgan fingerprint density at radius 1 is 1.06 bits per heavy atom. The summed E-state index contributed by atoms with van der Waals surface area (Å²) in [4.78, 5) is 33.4. The van der Waals surface area contributed by atoms with Crippen molar-refractivity contribution in [2.45, 2.75) is 5.92 Å². The van der Waals surface area contributed by atoms with E-state index < -0.39 is 11.0 Å². The molecule has 0 saturated carbocycles. The van der Waals surface area contributed by atoms with Crippen LogP contribution in [0.1, 0.15) is 33.0 Å². The number of fused-ring (bicyclic) bond motifs is 3. The van der Waals surface area contributed by atoms with Gasteiger partial charge in [0.25, 0.3) is 5.69 Å². The molecule has 0 bridgehead atoms. The minimum absolute atomic E-state index is 0.0138. The molecule has 32 heavy (non-hydrogen) atoms. The molecule has 0 saturated heterocycles. The van der Waals surface area contributed by atoms with Gasteiger partial charge in [0.1, 0.15) is 6.61 Å². The second-order valence-corrected chi connectivity index (χ2v) is 7.13. The predicted octanol–water partition coefficient (Wildman–Crippen LogP) is 4.30. The Bertz CT molecular complexity index is 1230. The van der Waals surface area contributed by atoms with Crippen LogP contribution in [0.3, 0.4) is 0 Å². The molecule has 7 nitrogen and oxygen atoms in total. The Morgan fingerprint density at radius 2 is 1.72 bits per heavy atom. The lowest BCUT2D eigenvalue weighted by molar-refractivity contribution is -0.385. The number of hydrogen-bond acceptors (Lipinski definition) is 5. The lowest BCUT2D eigenvalue weighted by Gasteiger charge is -2.14. The molecular formula is C25H18N2O5. The Labute approximate surface area is 184 Å². The Kier molecular flexibility index (Phi) is 5.95. The molecule has 0 spiro atoms. The van der Waals surface area contributed by atoms with E-state index in [4.69, 9.17) is 4.74 Å². The highest BCUT2D eigenvalue weighted by atomic mass is 16.6. The molecule has 158 valence electrons. The van der Waals surface area contributed by atoms with Crippen LogP contribution in [0.15, 0.2) is 66.7 Å². The van der Waals surface area contributed by atoms with Gasteiger partial charge in [-0.15, -0.1) is 0 Å². The highest BCUT2D eigenvalue weighted by molar-refractivity contribution is 5.82. The third-order valence-corrected chi connectivity index (χ3v) is 5.25. The number of carbonyl (C=O) groups excluding carboxylic acids is 2. The molecule has 0 heterocycles. The first kappa shape index (κ1) is 20.8. The number of aldehydes is 1. The molecule has 0 unspecified atom stereocenters. The van der Waals surface area contributed by atoms with Gasteiger partial charge in [0.05, 0.1) is 17.0 Å². The molecule has 1 amide bonds. The third kappa shape index (κ3) is 4.20. The van der Waals surface area contributed by atoms with E-state index >= 15 is 0 Å². The van der Waals surface area contributed by atoms with Gasteiger partial charge in [-0.05, 0) is 34.4 Å². The van der Waals surface area contributed by atoms with Crippen molar-refractivity contribution in [2.75, 3.05) is 13.2 Å². The average Bonchev–Trinajstić information content (AvgIpc) is 3.14. The summed E-state index contributed by atoms with van der Waals surface area (Å²) in [6.07, 6.45) is -0.169. The minimum Gasteiger partial charge on any atom is -0.449 e. The zero-order valence-electron chi connectivity index (χ0n) is 16.9. The first-order valence-electron chi connectivity index (χ1n) is 9.90. The quantitative estimate of drug-likeness (QED) is 0.284. The van der Waals surface area contributed by atoms with Crippen LogP contribution >= 0.6 is 0 Å². The van der Waals surface area contributed by atoms with E-state index in [0.717, 1.165) is 22.3 Å². The number of carbonyl (C=O) groups is 2. The van der Waals surface area contributed by atoms with Crippen LogP contribution in [-0.2, 0) is 4.74 Å². The number of rotatable bonds is 5. The van der Waals surface area contributed by atoms with Crippen LogP contribution in [0.4, 0.5) is 10.5 Å². The number of amides is 1. The average molecular weight is 426 g/mol. The van der Waals surface area contributed by atoms with E-state index in [0.29, 0.717) is 11.8 Å². The van der Waals surface area contributed by atoms with E-state index in [1.54, 1.807) is 0 Å². The van der Waals surface area contributed by atoms with Crippen molar-refractivity contribution in [3.8, 4) is 23.0 Å². The first-order chi connectivity index (χ1) is 15.6. The normalized spacial score (nSPS) is 11.5. The number of nitro groups is 1. The van der Waals surface area contributed by atoms with E-state index in [1.807, 2.05) is 36.4 Å². The van der Waals surface area contributed by atoms with E-state index in [9.17, 15) is 19.7 Å². The Morgan fingerprint density at radius 3 is 2.34 bits per heavy atom. The van der Waals surface area contributed by atoms with Gasteiger partial charge in [-0.2, -0.15) is 0 Å². The van der Waals surface area contributed by atoms with Crippen molar-refractivity contribution < 1.29 is 19.2 Å². The second-order valence-electron chi connectivity index (χ2n) is 7.13. The topological polar surface area (TPSA) is 98.5 Å². The van der Waals surface area contributed by atoms with Crippen molar-refractivity contribution in [2.24, 2.45) is 0 Å². The minimum atomic E-state index is -0.635. The van der Waals surface area contributed by atoms with E-state index in [-0.39, 0.29) is 30.3 Å². The summed E-state index contributed by atoms with van der Waals surface area (Å²) in [5.41, 5.74) is 4.60. The lowest BCUT2D eigenvalue weighted by atomic mass is 9.98. The second kappa shape index (κ2) is 9.14. The summed E-state index contributed by atoms with van der Waals surface area (Å²) in [6, 6.07) is 20.2. The van der Waals surface area contributed by atoms with Gasteiger partial charge in [-0.3, -0.25) is 14.9 Å². The van der Waals surface area contributed by atoms with Crippen LogP contribution < -0.4 is 5.32 Å². The van der Waals surface area contributed by atoms with Crippen molar-refractivity contribution >= 4 is 18.1 Å². The van der Waals surface area contributed by atoms with E-state index in [2.05, 4.69) is 29.3 Å². The summed E-state index contributed by atoms with van der Waals surface area (Å²) in [6.45, 7) is 0.215. The molecule has 1 N–H and O–H groups in total. The first-order valence-corrected chi connectivity index (χ1v) is 9.90. The number of ether oxygens (including phenoxy) is 1. The third-order valence-electron chi connectivity index (χ3n) is 5.25. The summed E-state index contributed by atoms with van der Waals surface area (Å²) in [5.74, 6) is 5.42. The number of hydrogen-bond donors (Lipinski definition) is 1. The maximum Gasteiger partial charge on any atom is 0.407 e. The van der Waals surface area contributed by atoms with Crippen LogP contribution in [0.25, 0.3) is 11.1 Å². The molecule has 0 aliphatic heterocycles. The molecular weight excluding hydrogens is 408 g/mol. The van der Waals surface area contributed by atoms with Crippen molar-refractivity contribution in [3.05, 3.63) is 99.1 Å². The number of nitrogens with zero attached hydrogens (tertiary/aromatic N) is 1. The number of benzene rings is 3. The zero-order chi connectivity index (χ0) is 22.5. The molecule has 1 aliphatic rings. The molecule has 0 fully saturated rings. The molecule has 3 aromatic carbocycles. The van der Waals surface area contributed by atoms with Gasteiger partial charge < -0.3 is 10.1 Å². The summed E-state index contributed by atoms with van der Waals surface area (Å²) in [7, 11) is 0. The van der Waals surface area contributed by atoms with Crippen LogP contribution in [0, 0.1) is 22.0 Å². The largest absolute Gasteiger partial charge is 0.449 e. The number of nitro benzene ring substituents is 1. The van der Waals surface area contributed by atoms with Gasteiger partial charge in [-0.1, -0.05) is 60.4 Å². The predicted molar refractivity (Wildman–Crippen MR) is 118 cm³/mol. The van der Waals surface area contributed by atoms with Crippen LogP contribution in [-0.4, -0.2) is 30.5 Å². The maximum absolute atomic E-state index is 12.1. The SMILES string of the molecule is O=Cc1ccc(C#CCNC(=O)OCC2c3ccccc3-c3ccccc32)cc1[N+](=O)[O-]. The van der Waals surface area contributed by atoms with Crippen LogP contribution in [0.2, 0.25) is 0 Å². The van der Waals surface area contributed by atoms with Gasteiger partial charge in [0.15, 0.2) is 6.29 Å². The summed E-state index contributed by atoms with van der Waals surface area (Å²) >= 11 is 0. The molecule has 0 radical (unpaired) electrons. The fourth-order valence-corrected chi connectivity index (χ4v) is 3.79. The molecule has 1 aliphatic carbocycles. The summed E-state index contributed by atoms with van der Waals surface area (Å²) in [5, 5.41) is 13.6. The van der Waals surface area contributed by atoms with Gasteiger partial charge in [0.2, 0.25) is 0 Å². The fourth-order valence-electron chi connectivity index (χ4n) is 3.79. The standard InChI is InChI=1S/C25H18N2O5/c28-15-18-12-11-17(14-24(18)27(30)31)6-5-13-26-25(29)32-16-23-21-9-3-1-7-19(21)20-8-2-4-10-22(20)23/h1-4,7-12,14-15,23H,13,16H2,(H,26,29).